The van der Waals surface area contributed by atoms with E-state index in [1.807, 2.05) is 12.1 Å². The van der Waals surface area contributed by atoms with E-state index in [1.54, 1.807) is 7.11 Å². The molecule has 0 radical (unpaired) electrons. The third kappa shape index (κ3) is 4.57. The normalized spacial score (nSPS) is 13.5. The Morgan fingerprint density at radius 1 is 1.17 bits per heavy atom. The minimum absolute atomic E-state index is 0. The number of halogens is 2. The Morgan fingerprint density at radius 3 is 2.50 bits per heavy atom. The molecule has 5 nitrogen and oxygen atoms in total. The van der Waals surface area contributed by atoms with Gasteiger partial charge in [0.25, 0.3) is 0 Å². The van der Waals surface area contributed by atoms with Crippen LogP contribution in [-0.4, -0.2) is 35.6 Å². The van der Waals surface area contributed by atoms with Crippen molar-refractivity contribution in [2.24, 2.45) is 5.73 Å². The minimum Gasteiger partial charge on any atom is -0.497 e. The minimum atomic E-state index is 0. The van der Waals surface area contributed by atoms with Crippen molar-refractivity contribution >= 4 is 24.8 Å². The molecule has 0 atom stereocenters. The van der Waals surface area contributed by atoms with E-state index in [4.69, 9.17) is 15.5 Å². The van der Waals surface area contributed by atoms with Crippen LogP contribution < -0.4 is 10.5 Å². The Balaban J connectivity index is 0.00000144. The third-order valence-corrected chi connectivity index (χ3v) is 4.10. The van der Waals surface area contributed by atoms with Crippen LogP contribution in [-0.2, 0) is 25.9 Å². The number of aromatic nitrogens is 2. The molecule has 1 aromatic heterocycles. The van der Waals surface area contributed by atoms with Crippen molar-refractivity contribution in [2.45, 2.75) is 25.9 Å². The molecule has 0 saturated carbocycles. The van der Waals surface area contributed by atoms with E-state index < -0.39 is 0 Å². The van der Waals surface area contributed by atoms with Crippen molar-refractivity contribution in [1.29, 1.82) is 0 Å². The number of methoxy groups -OCH3 is 1. The zero-order valence-corrected chi connectivity index (χ0v) is 15.6. The van der Waals surface area contributed by atoms with Gasteiger partial charge in [0.05, 0.1) is 18.5 Å². The predicted molar refractivity (Wildman–Crippen MR) is 100 cm³/mol. The molecule has 2 heterocycles. The third-order valence-electron chi connectivity index (χ3n) is 4.10. The summed E-state index contributed by atoms with van der Waals surface area (Å²) in [6.45, 7) is 2.40. The van der Waals surface area contributed by atoms with E-state index in [1.165, 1.54) is 11.1 Å². The molecule has 24 heavy (non-hydrogen) atoms. The molecular formula is C17H24Cl2N4O. The highest BCUT2D eigenvalue weighted by molar-refractivity contribution is 5.85. The second kappa shape index (κ2) is 9.18. The molecule has 0 unspecified atom stereocenters. The van der Waals surface area contributed by atoms with E-state index in [9.17, 15) is 0 Å². The molecule has 0 bridgehead atoms. The van der Waals surface area contributed by atoms with Gasteiger partial charge in [0.2, 0.25) is 0 Å². The van der Waals surface area contributed by atoms with Crippen LogP contribution in [0.2, 0.25) is 0 Å². The van der Waals surface area contributed by atoms with Gasteiger partial charge in [-0.3, -0.25) is 0 Å². The maximum absolute atomic E-state index is 5.89. The molecular weight excluding hydrogens is 347 g/mol. The number of fused-ring (bicyclic) bond motifs is 1. The fourth-order valence-electron chi connectivity index (χ4n) is 2.85. The number of likely N-dealkylation sites (N-methyl/N-ethyl adjacent to an activating group) is 1. The number of nitrogens with zero attached hydrogens (tertiary/aromatic N) is 3. The topological polar surface area (TPSA) is 64.3 Å². The van der Waals surface area contributed by atoms with E-state index in [-0.39, 0.29) is 24.8 Å². The van der Waals surface area contributed by atoms with Gasteiger partial charge in [-0.15, -0.1) is 24.8 Å². The maximum atomic E-state index is 5.89. The summed E-state index contributed by atoms with van der Waals surface area (Å²) in [5.41, 5.74) is 10.4. The van der Waals surface area contributed by atoms with Gasteiger partial charge >= 0.3 is 0 Å². The van der Waals surface area contributed by atoms with Crippen LogP contribution in [0.3, 0.4) is 0 Å². The van der Waals surface area contributed by atoms with Gasteiger partial charge < -0.3 is 15.4 Å². The molecule has 2 N–H and O–H groups in total. The molecule has 0 fully saturated rings. The predicted octanol–water partition coefficient (Wildman–Crippen LogP) is 2.37. The second-order valence-electron chi connectivity index (χ2n) is 5.73. The van der Waals surface area contributed by atoms with Crippen LogP contribution in [0.4, 0.5) is 0 Å². The van der Waals surface area contributed by atoms with Crippen LogP contribution in [0.5, 0.6) is 5.75 Å². The van der Waals surface area contributed by atoms with Crippen LogP contribution in [0.1, 0.15) is 28.3 Å². The summed E-state index contributed by atoms with van der Waals surface area (Å²) in [6, 6.07) is 8.04. The average Bonchev–Trinajstić information content (AvgIpc) is 2.55. The molecule has 1 aliphatic rings. The van der Waals surface area contributed by atoms with Gasteiger partial charge in [0, 0.05) is 38.0 Å². The first-order valence-corrected chi connectivity index (χ1v) is 7.58. The zero-order valence-electron chi connectivity index (χ0n) is 14.0. The van der Waals surface area contributed by atoms with E-state index in [0.717, 1.165) is 48.9 Å². The lowest BCUT2D eigenvalue weighted by molar-refractivity contribution is 0.307. The molecule has 0 spiro atoms. The molecule has 0 amide bonds. The number of benzene rings is 1. The summed E-state index contributed by atoms with van der Waals surface area (Å²) in [4.78, 5) is 11.7. The van der Waals surface area contributed by atoms with Crippen molar-refractivity contribution in [2.75, 3.05) is 20.7 Å². The fraction of sp³-hybridized carbons (Fsp3) is 0.412. The Bertz CT molecular complexity index is 647. The lowest BCUT2D eigenvalue weighted by Crippen LogP contribution is -2.30. The first kappa shape index (κ1) is 20.6. The molecule has 1 aromatic carbocycles. The quantitative estimate of drug-likeness (QED) is 0.894. The van der Waals surface area contributed by atoms with Gasteiger partial charge in [-0.2, -0.15) is 0 Å². The lowest BCUT2D eigenvalue weighted by atomic mass is 10.0. The summed E-state index contributed by atoms with van der Waals surface area (Å²) >= 11 is 0. The van der Waals surface area contributed by atoms with Gasteiger partial charge in [0.15, 0.2) is 0 Å². The van der Waals surface area contributed by atoms with Crippen molar-refractivity contribution in [3.05, 3.63) is 52.6 Å². The van der Waals surface area contributed by atoms with Crippen LogP contribution in [0.25, 0.3) is 0 Å². The number of rotatable bonds is 4. The Labute approximate surface area is 155 Å². The fourth-order valence-corrected chi connectivity index (χ4v) is 2.85. The molecule has 0 aliphatic carbocycles. The van der Waals surface area contributed by atoms with Gasteiger partial charge in [-0.25, -0.2) is 9.97 Å². The molecule has 2 aromatic rings. The molecule has 132 valence electrons. The highest BCUT2D eigenvalue weighted by Crippen LogP contribution is 2.20. The standard InChI is InChI=1S/C17H22N4O.2ClH/c1-21-8-7-15-14(11-21)16(10-18)20-17(19-15)9-12-3-5-13(22-2)6-4-12;;/h3-6H,7-11,18H2,1-2H3;2*1H. The Morgan fingerprint density at radius 2 is 1.88 bits per heavy atom. The monoisotopic (exact) mass is 370 g/mol. The van der Waals surface area contributed by atoms with E-state index in [2.05, 4.69) is 29.1 Å². The Kier molecular flexibility index (Phi) is 7.90. The molecule has 1 aliphatic heterocycles. The summed E-state index contributed by atoms with van der Waals surface area (Å²) in [5.74, 6) is 1.72. The van der Waals surface area contributed by atoms with Crippen LogP contribution in [0.15, 0.2) is 24.3 Å². The van der Waals surface area contributed by atoms with Crippen molar-refractivity contribution in [3.63, 3.8) is 0 Å². The number of ether oxygens (including phenoxy) is 1. The van der Waals surface area contributed by atoms with E-state index in [0.29, 0.717) is 6.54 Å². The highest BCUT2D eigenvalue weighted by atomic mass is 35.5. The SMILES string of the molecule is COc1ccc(Cc2nc(CN)c3c(n2)CCN(C)C3)cc1.Cl.Cl. The largest absolute Gasteiger partial charge is 0.497 e. The lowest BCUT2D eigenvalue weighted by Gasteiger charge is -2.26. The van der Waals surface area contributed by atoms with Gasteiger partial charge in [0.1, 0.15) is 11.6 Å². The highest BCUT2D eigenvalue weighted by Gasteiger charge is 2.19. The number of hydrogen-bond donors (Lipinski definition) is 1. The number of nitrogens with two attached hydrogens (primary N) is 1. The second-order valence-corrected chi connectivity index (χ2v) is 5.73. The van der Waals surface area contributed by atoms with Crippen molar-refractivity contribution < 1.29 is 4.74 Å². The number of hydrogen-bond acceptors (Lipinski definition) is 5. The molecule has 0 saturated heterocycles. The van der Waals surface area contributed by atoms with Gasteiger partial charge in [-0.1, -0.05) is 12.1 Å². The summed E-state index contributed by atoms with van der Waals surface area (Å²) < 4.78 is 5.19. The Hall–Kier alpha value is -1.40. The van der Waals surface area contributed by atoms with Crippen LogP contribution >= 0.6 is 24.8 Å². The zero-order chi connectivity index (χ0) is 15.5. The van der Waals surface area contributed by atoms with Crippen molar-refractivity contribution in [3.8, 4) is 5.75 Å². The average molecular weight is 371 g/mol. The smallest absolute Gasteiger partial charge is 0.133 e. The van der Waals surface area contributed by atoms with E-state index >= 15 is 0 Å². The summed E-state index contributed by atoms with van der Waals surface area (Å²) in [6.07, 6.45) is 1.69. The maximum Gasteiger partial charge on any atom is 0.133 e. The van der Waals surface area contributed by atoms with Gasteiger partial charge in [-0.05, 0) is 24.7 Å². The van der Waals surface area contributed by atoms with Crippen molar-refractivity contribution in [1.82, 2.24) is 14.9 Å². The van der Waals surface area contributed by atoms with Crippen LogP contribution in [0, 0.1) is 0 Å². The summed E-state index contributed by atoms with van der Waals surface area (Å²) in [7, 11) is 3.79. The first-order valence-electron chi connectivity index (χ1n) is 7.58. The molecule has 7 heteroatoms. The first-order chi connectivity index (χ1) is 10.7. The summed E-state index contributed by atoms with van der Waals surface area (Å²) in [5, 5.41) is 0. The molecule has 3 rings (SSSR count).